The van der Waals surface area contributed by atoms with Crippen molar-refractivity contribution in [2.24, 2.45) is 0 Å². The number of carbonyl (C=O) groups is 1. The van der Waals surface area contributed by atoms with Crippen LogP contribution in [0.25, 0.3) is 0 Å². The third-order valence-electron chi connectivity index (χ3n) is 2.77. The summed E-state index contributed by atoms with van der Waals surface area (Å²) in [5, 5.41) is 12.8. The Morgan fingerprint density at radius 1 is 1.41 bits per heavy atom. The van der Waals surface area contributed by atoms with Crippen molar-refractivity contribution in [3.05, 3.63) is 30.1 Å². The van der Waals surface area contributed by atoms with E-state index in [0.717, 1.165) is 5.56 Å². The molecule has 0 spiro atoms. The molecule has 1 aromatic rings. The SMILES string of the molecule is CC(O)CN(CCNCc1ccncc1)C(=O)OC(C)(C)C. The number of pyridine rings is 1. The molecule has 0 saturated carbocycles. The Bertz CT molecular complexity index is 444. The Kier molecular flexibility index (Phi) is 7.27. The van der Waals surface area contributed by atoms with E-state index in [2.05, 4.69) is 10.3 Å². The standard InChI is InChI=1S/C16H27N3O3/c1-13(20)12-19(15(21)22-16(2,3)4)10-9-18-11-14-5-7-17-8-6-14/h5-8,13,18,20H,9-12H2,1-4H3. The number of hydrogen-bond donors (Lipinski definition) is 2. The van der Waals surface area contributed by atoms with Crippen LogP contribution in [0.1, 0.15) is 33.3 Å². The molecule has 0 aliphatic heterocycles. The highest BCUT2D eigenvalue weighted by molar-refractivity contribution is 5.68. The highest BCUT2D eigenvalue weighted by Gasteiger charge is 2.22. The zero-order chi connectivity index (χ0) is 16.6. The van der Waals surface area contributed by atoms with Gasteiger partial charge in [-0.1, -0.05) is 0 Å². The van der Waals surface area contributed by atoms with Crippen LogP contribution in [0.2, 0.25) is 0 Å². The normalized spacial score (nSPS) is 12.8. The number of carbonyl (C=O) groups excluding carboxylic acids is 1. The number of amides is 1. The molecule has 0 bridgehead atoms. The zero-order valence-electron chi connectivity index (χ0n) is 13.9. The summed E-state index contributed by atoms with van der Waals surface area (Å²) in [6.07, 6.45) is 2.50. The van der Waals surface area contributed by atoms with Crippen molar-refractivity contribution in [3.8, 4) is 0 Å². The van der Waals surface area contributed by atoms with Gasteiger partial charge in [0.2, 0.25) is 0 Å². The van der Waals surface area contributed by atoms with Crippen molar-refractivity contribution in [1.29, 1.82) is 0 Å². The molecule has 0 aliphatic rings. The lowest BCUT2D eigenvalue weighted by Crippen LogP contribution is -2.43. The van der Waals surface area contributed by atoms with Crippen LogP contribution in [0.5, 0.6) is 0 Å². The molecule has 22 heavy (non-hydrogen) atoms. The van der Waals surface area contributed by atoms with Gasteiger partial charge in [-0.3, -0.25) is 4.98 Å². The van der Waals surface area contributed by atoms with Crippen LogP contribution < -0.4 is 5.32 Å². The monoisotopic (exact) mass is 309 g/mol. The molecule has 0 aliphatic carbocycles. The predicted octanol–water partition coefficient (Wildman–Crippen LogP) is 1.79. The van der Waals surface area contributed by atoms with E-state index in [9.17, 15) is 9.90 Å². The van der Waals surface area contributed by atoms with E-state index in [-0.39, 0.29) is 6.54 Å². The summed E-state index contributed by atoms with van der Waals surface area (Å²) >= 11 is 0. The van der Waals surface area contributed by atoms with Gasteiger partial charge in [0.15, 0.2) is 0 Å². The highest BCUT2D eigenvalue weighted by atomic mass is 16.6. The number of rotatable bonds is 7. The fraction of sp³-hybridized carbons (Fsp3) is 0.625. The van der Waals surface area contributed by atoms with Crippen LogP contribution in [-0.2, 0) is 11.3 Å². The van der Waals surface area contributed by atoms with Crippen molar-refractivity contribution < 1.29 is 14.6 Å². The van der Waals surface area contributed by atoms with Crippen LogP contribution in [0, 0.1) is 0 Å². The first-order valence-electron chi connectivity index (χ1n) is 7.53. The third-order valence-corrected chi connectivity index (χ3v) is 2.77. The van der Waals surface area contributed by atoms with E-state index in [1.807, 2.05) is 32.9 Å². The molecule has 1 aromatic heterocycles. The largest absolute Gasteiger partial charge is 0.444 e. The van der Waals surface area contributed by atoms with E-state index < -0.39 is 17.8 Å². The first kappa shape index (κ1) is 18.4. The minimum absolute atomic E-state index is 0.256. The number of aliphatic hydroxyl groups excluding tert-OH is 1. The smallest absolute Gasteiger partial charge is 0.410 e. The predicted molar refractivity (Wildman–Crippen MR) is 85.4 cm³/mol. The number of nitrogens with zero attached hydrogens (tertiary/aromatic N) is 2. The van der Waals surface area contributed by atoms with Gasteiger partial charge in [-0.15, -0.1) is 0 Å². The Morgan fingerprint density at radius 3 is 2.59 bits per heavy atom. The maximum atomic E-state index is 12.1. The molecule has 124 valence electrons. The maximum absolute atomic E-state index is 12.1. The lowest BCUT2D eigenvalue weighted by molar-refractivity contribution is 0.0164. The summed E-state index contributed by atoms with van der Waals surface area (Å²) in [6.45, 7) is 9.19. The Balaban J connectivity index is 2.42. The van der Waals surface area contributed by atoms with Crippen molar-refractivity contribution in [2.75, 3.05) is 19.6 Å². The van der Waals surface area contributed by atoms with Crippen molar-refractivity contribution in [1.82, 2.24) is 15.2 Å². The zero-order valence-corrected chi connectivity index (χ0v) is 13.9. The Morgan fingerprint density at radius 2 is 2.05 bits per heavy atom. The third kappa shape index (κ3) is 7.95. The van der Waals surface area contributed by atoms with Gasteiger partial charge in [0.1, 0.15) is 5.60 Å². The topological polar surface area (TPSA) is 74.7 Å². The summed E-state index contributed by atoms with van der Waals surface area (Å²) < 4.78 is 5.36. The summed E-state index contributed by atoms with van der Waals surface area (Å²) in [7, 11) is 0. The molecule has 1 atom stereocenters. The van der Waals surface area contributed by atoms with Gasteiger partial charge in [0, 0.05) is 38.6 Å². The van der Waals surface area contributed by atoms with Crippen molar-refractivity contribution >= 4 is 6.09 Å². The number of aliphatic hydroxyl groups is 1. The van der Waals surface area contributed by atoms with E-state index in [1.165, 1.54) is 4.90 Å². The molecule has 6 heteroatoms. The average Bonchev–Trinajstić information content (AvgIpc) is 2.41. The fourth-order valence-corrected chi connectivity index (χ4v) is 1.85. The molecule has 1 unspecified atom stereocenters. The van der Waals surface area contributed by atoms with Gasteiger partial charge >= 0.3 is 6.09 Å². The van der Waals surface area contributed by atoms with Gasteiger partial charge < -0.3 is 20.1 Å². The lowest BCUT2D eigenvalue weighted by Gasteiger charge is -2.28. The highest BCUT2D eigenvalue weighted by Crippen LogP contribution is 2.10. The van der Waals surface area contributed by atoms with Gasteiger partial charge in [-0.25, -0.2) is 4.79 Å². The number of ether oxygens (including phenoxy) is 1. The molecule has 1 heterocycles. The first-order chi connectivity index (χ1) is 10.3. The van der Waals surface area contributed by atoms with E-state index >= 15 is 0 Å². The lowest BCUT2D eigenvalue weighted by atomic mass is 10.2. The van der Waals surface area contributed by atoms with Crippen LogP contribution in [-0.4, -0.2) is 52.4 Å². The molecule has 0 aromatic carbocycles. The van der Waals surface area contributed by atoms with Crippen molar-refractivity contribution in [3.63, 3.8) is 0 Å². The maximum Gasteiger partial charge on any atom is 0.410 e. The molecule has 0 fully saturated rings. The second kappa shape index (κ2) is 8.70. The molecular formula is C16H27N3O3. The number of hydrogen-bond acceptors (Lipinski definition) is 5. The molecule has 1 amide bonds. The minimum atomic E-state index is -0.590. The van der Waals surface area contributed by atoms with Crippen LogP contribution >= 0.6 is 0 Å². The number of nitrogens with one attached hydrogen (secondary N) is 1. The minimum Gasteiger partial charge on any atom is -0.444 e. The first-order valence-corrected chi connectivity index (χ1v) is 7.53. The van der Waals surface area contributed by atoms with E-state index in [4.69, 9.17) is 4.74 Å². The van der Waals surface area contributed by atoms with Crippen molar-refractivity contribution in [2.45, 2.75) is 45.9 Å². The van der Waals surface area contributed by atoms with Gasteiger partial charge in [0.25, 0.3) is 0 Å². The molecule has 0 saturated heterocycles. The van der Waals surface area contributed by atoms with E-state index in [0.29, 0.717) is 19.6 Å². The summed E-state index contributed by atoms with van der Waals surface area (Å²) in [5.74, 6) is 0. The summed E-state index contributed by atoms with van der Waals surface area (Å²) in [4.78, 5) is 17.6. The molecular weight excluding hydrogens is 282 g/mol. The Labute approximate surface area is 132 Å². The van der Waals surface area contributed by atoms with E-state index in [1.54, 1.807) is 19.3 Å². The molecule has 1 rings (SSSR count). The summed E-state index contributed by atoms with van der Waals surface area (Å²) in [5.41, 5.74) is 0.590. The van der Waals surface area contributed by atoms with Crippen LogP contribution in [0.3, 0.4) is 0 Å². The van der Waals surface area contributed by atoms with Crippen LogP contribution in [0.4, 0.5) is 4.79 Å². The van der Waals surface area contributed by atoms with Gasteiger partial charge in [-0.2, -0.15) is 0 Å². The molecule has 2 N–H and O–H groups in total. The second-order valence-corrected chi connectivity index (χ2v) is 6.31. The number of aromatic nitrogens is 1. The molecule has 6 nitrogen and oxygen atoms in total. The van der Waals surface area contributed by atoms with Crippen LogP contribution in [0.15, 0.2) is 24.5 Å². The molecule has 0 radical (unpaired) electrons. The quantitative estimate of drug-likeness (QED) is 0.751. The van der Waals surface area contributed by atoms with Gasteiger partial charge in [0.05, 0.1) is 6.10 Å². The Hall–Kier alpha value is -1.66. The fourth-order valence-electron chi connectivity index (χ4n) is 1.85. The summed E-state index contributed by atoms with van der Waals surface area (Å²) in [6, 6.07) is 3.88. The second-order valence-electron chi connectivity index (χ2n) is 6.31. The van der Waals surface area contributed by atoms with Gasteiger partial charge in [-0.05, 0) is 45.4 Å². The average molecular weight is 309 g/mol.